The molecule has 0 radical (unpaired) electrons. The van der Waals surface area contributed by atoms with Gasteiger partial charge in [0.15, 0.2) is 0 Å². The Labute approximate surface area is 86.9 Å². The molecule has 0 heterocycles. The van der Waals surface area contributed by atoms with Crippen molar-refractivity contribution >= 4 is 0 Å². The van der Waals surface area contributed by atoms with Crippen LogP contribution in [-0.2, 0) is 6.18 Å². The lowest BCUT2D eigenvalue weighted by atomic mass is 10.1. The maximum atomic E-state index is 12.8. The highest BCUT2D eigenvalue weighted by Gasteiger charge is 2.34. The van der Waals surface area contributed by atoms with Gasteiger partial charge in [-0.3, -0.25) is 0 Å². The molecule has 1 rings (SSSR count). The van der Waals surface area contributed by atoms with Gasteiger partial charge in [-0.1, -0.05) is 13.8 Å². The first-order valence-electron chi connectivity index (χ1n) is 4.66. The summed E-state index contributed by atoms with van der Waals surface area (Å²) in [6.45, 7) is 7.09. The molecule has 0 atom stereocenters. The van der Waals surface area contributed by atoms with Crippen LogP contribution >= 0.6 is 0 Å². The molecule has 1 aromatic rings. The molecule has 0 aliphatic heterocycles. The second kappa shape index (κ2) is 5.14. The number of alkyl halides is 3. The fourth-order valence-electron chi connectivity index (χ4n) is 0.998. The van der Waals surface area contributed by atoms with Gasteiger partial charge in [-0.2, -0.15) is 13.2 Å². The largest absolute Gasteiger partial charge is 0.419 e. The van der Waals surface area contributed by atoms with Crippen LogP contribution in [0.25, 0.3) is 0 Å². The molecule has 0 fully saturated rings. The Morgan fingerprint density at radius 2 is 1.33 bits per heavy atom. The van der Waals surface area contributed by atoms with Crippen LogP contribution in [0.3, 0.4) is 0 Å². The number of halogens is 4. The molecular weight excluding hydrogens is 208 g/mol. The van der Waals surface area contributed by atoms with Crippen molar-refractivity contribution in [3.05, 3.63) is 34.6 Å². The van der Waals surface area contributed by atoms with Gasteiger partial charge in [0.25, 0.3) is 0 Å². The number of rotatable bonds is 0. The molecule has 0 nitrogen and oxygen atoms in total. The molecule has 0 N–H and O–H groups in total. The second-order valence-electron chi connectivity index (χ2n) is 2.91. The smallest absolute Gasteiger partial charge is 0.206 e. The molecule has 4 heteroatoms. The summed E-state index contributed by atoms with van der Waals surface area (Å²) in [5.41, 5.74) is -0.241. The summed E-state index contributed by atoms with van der Waals surface area (Å²) in [6, 6.07) is 1.73. The van der Waals surface area contributed by atoms with E-state index < -0.39 is 17.6 Å². The summed E-state index contributed by atoms with van der Waals surface area (Å²) in [6.07, 6.45) is -4.61. The zero-order chi connectivity index (χ0) is 12.2. The molecule has 0 amide bonds. The third-order valence-corrected chi connectivity index (χ3v) is 1.89. The zero-order valence-corrected chi connectivity index (χ0v) is 9.17. The standard InChI is InChI=1S/C9H8F4.C2H6/c1-5-3-7(9(11,12)13)8(10)4-6(5)2;1-2/h3-4H,1-2H3;1-2H3. The summed E-state index contributed by atoms with van der Waals surface area (Å²) in [5, 5.41) is 0. The number of hydrogen-bond donors (Lipinski definition) is 0. The van der Waals surface area contributed by atoms with Gasteiger partial charge < -0.3 is 0 Å². The first-order chi connectivity index (χ1) is 6.82. The van der Waals surface area contributed by atoms with Gasteiger partial charge in [0.05, 0.1) is 5.56 Å². The Hall–Kier alpha value is -1.06. The molecule has 15 heavy (non-hydrogen) atoms. The van der Waals surface area contributed by atoms with Crippen molar-refractivity contribution < 1.29 is 17.6 Å². The van der Waals surface area contributed by atoms with Crippen LogP contribution in [0, 0.1) is 19.7 Å². The lowest BCUT2D eigenvalue weighted by molar-refractivity contribution is -0.140. The molecule has 0 aliphatic carbocycles. The van der Waals surface area contributed by atoms with Crippen LogP contribution in [0.2, 0.25) is 0 Å². The average Bonchev–Trinajstić information content (AvgIpc) is 2.13. The first kappa shape index (κ1) is 13.9. The number of hydrogen-bond acceptors (Lipinski definition) is 0. The molecule has 0 unspecified atom stereocenters. The molecule has 0 aliphatic rings. The molecule has 86 valence electrons. The monoisotopic (exact) mass is 222 g/mol. The van der Waals surface area contributed by atoms with Crippen molar-refractivity contribution in [3.63, 3.8) is 0 Å². The fourth-order valence-corrected chi connectivity index (χ4v) is 0.998. The van der Waals surface area contributed by atoms with Gasteiger partial charge in [0.1, 0.15) is 5.82 Å². The van der Waals surface area contributed by atoms with Gasteiger partial charge in [-0.15, -0.1) is 0 Å². The Bertz CT molecular complexity index is 326. The topological polar surface area (TPSA) is 0 Å². The quantitative estimate of drug-likeness (QED) is 0.567. The lowest BCUT2D eigenvalue weighted by Crippen LogP contribution is -2.08. The third kappa shape index (κ3) is 3.53. The van der Waals surface area contributed by atoms with E-state index in [0.29, 0.717) is 11.1 Å². The van der Waals surface area contributed by atoms with E-state index in [1.807, 2.05) is 13.8 Å². The van der Waals surface area contributed by atoms with Gasteiger partial charge in [0.2, 0.25) is 0 Å². The minimum Gasteiger partial charge on any atom is -0.206 e. The third-order valence-electron chi connectivity index (χ3n) is 1.89. The van der Waals surface area contributed by atoms with Crippen LogP contribution in [0.4, 0.5) is 17.6 Å². The van der Waals surface area contributed by atoms with E-state index in [-0.39, 0.29) is 0 Å². The molecule has 0 saturated carbocycles. The summed E-state index contributed by atoms with van der Waals surface area (Å²) < 4.78 is 49.2. The maximum Gasteiger partial charge on any atom is 0.419 e. The Kier molecular flexibility index (Phi) is 4.78. The van der Waals surface area contributed by atoms with Crippen LogP contribution in [0.1, 0.15) is 30.5 Å². The van der Waals surface area contributed by atoms with Crippen LogP contribution in [-0.4, -0.2) is 0 Å². The predicted octanol–water partition coefficient (Wildman–Crippen LogP) is 4.49. The van der Waals surface area contributed by atoms with E-state index in [4.69, 9.17) is 0 Å². The molecule has 0 aromatic heterocycles. The van der Waals surface area contributed by atoms with Gasteiger partial charge in [0, 0.05) is 0 Å². The minimum absolute atomic E-state index is 0.439. The zero-order valence-electron chi connectivity index (χ0n) is 9.17. The highest BCUT2D eigenvalue weighted by molar-refractivity contribution is 5.32. The fraction of sp³-hybridized carbons (Fsp3) is 0.455. The Morgan fingerprint density at radius 1 is 0.933 bits per heavy atom. The van der Waals surface area contributed by atoms with Crippen molar-refractivity contribution in [1.29, 1.82) is 0 Å². The van der Waals surface area contributed by atoms with E-state index in [1.165, 1.54) is 6.92 Å². The van der Waals surface area contributed by atoms with E-state index in [0.717, 1.165) is 12.1 Å². The van der Waals surface area contributed by atoms with Crippen molar-refractivity contribution in [2.75, 3.05) is 0 Å². The van der Waals surface area contributed by atoms with Crippen molar-refractivity contribution in [2.45, 2.75) is 33.9 Å². The lowest BCUT2D eigenvalue weighted by Gasteiger charge is -2.10. The summed E-state index contributed by atoms with van der Waals surface area (Å²) in [5.74, 6) is -1.21. The maximum absolute atomic E-state index is 12.8. The molecule has 0 saturated heterocycles. The van der Waals surface area contributed by atoms with Crippen molar-refractivity contribution in [1.82, 2.24) is 0 Å². The van der Waals surface area contributed by atoms with Gasteiger partial charge in [-0.25, -0.2) is 4.39 Å². The predicted molar refractivity (Wildman–Crippen MR) is 52.2 cm³/mol. The van der Waals surface area contributed by atoms with Crippen LogP contribution < -0.4 is 0 Å². The molecule has 1 aromatic carbocycles. The van der Waals surface area contributed by atoms with Gasteiger partial charge in [-0.05, 0) is 37.1 Å². The number of aryl methyl sites for hydroxylation is 2. The number of benzene rings is 1. The SMILES string of the molecule is CC.Cc1cc(F)c(C(F)(F)F)cc1C. The highest BCUT2D eigenvalue weighted by atomic mass is 19.4. The van der Waals surface area contributed by atoms with Crippen LogP contribution in [0.15, 0.2) is 12.1 Å². The van der Waals surface area contributed by atoms with Crippen molar-refractivity contribution in [3.8, 4) is 0 Å². The van der Waals surface area contributed by atoms with Crippen molar-refractivity contribution in [2.24, 2.45) is 0 Å². The second-order valence-corrected chi connectivity index (χ2v) is 2.91. The van der Waals surface area contributed by atoms with E-state index >= 15 is 0 Å². The highest BCUT2D eigenvalue weighted by Crippen LogP contribution is 2.32. The minimum atomic E-state index is -4.61. The molecule has 0 bridgehead atoms. The summed E-state index contributed by atoms with van der Waals surface area (Å²) in [4.78, 5) is 0. The molecule has 0 spiro atoms. The summed E-state index contributed by atoms with van der Waals surface area (Å²) in [7, 11) is 0. The van der Waals surface area contributed by atoms with E-state index in [1.54, 1.807) is 6.92 Å². The Morgan fingerprint density at radius 3 is 1.73 bits per heavy atom. The first-order valence-corrected chi connectivity index (χ1v) is 4.66. The normalized spacial score (nSPS) is 10.7. The average molecular weight is 222 g/mol. The van der Waals surface area contributed by atoms with Crippen LogP contribution in [0.5, 0.6) is 0 Å². The van der Waals surface area contributed by atoms with Gasteiger partial charge >= 0.3 is 6.18 Å². The molecular formula is C11H14F4. The van der Waals surface area contributed by atoms with E-state index in [2.05, 4.69) is 0 Å². The summed E-state index contributed by atoms with van der Waals surface area (Å²) >= 11 is 0. The van der Waals surface area contributed by atoms with E-state index in [9.17, 15) is 17.6 Å². The Balaban J connectivity index is 0.000000921.